The van der Waals surface area contributed by atoms with Crippen LogP contribution in [0.3, 0.4) is 0 Å². The number of amides is 3. The Hall–Kier alpha value is -2.77. The predicted molar refractivity (Wildman–Crippen MR) is 122 cm³/mol. The van der Waals surface area contributed by atoms with Crippen LogP contribution in [0, 0.1) is 6.92 Å². The second kappa shape index (κ2) is 10.7. The van der Waals surface area contributed by atoms with Crippen molar-refractivity contribution < 1.29 is 24.2 Å². The minimum Gasteiger partial charge on any atom is -0.507 e. The fourth-order valence-corrected chi connectivity index (χ4v) is 3.93. The summed E-state index contributed by atoms with van der Waals surface area (Å²) in [6.07, 6.45) is 4.33. The molecule has 2 rings (SSSR count). The van der Waals surface area contributed by atoms with Crippen molar-refractivity contribution in [2.45, 2.75) is 90.4 Å². The van der Waals surface area contributed by atoms with Gasteiger partial charge in [0.05, 0.1) is 0 Å². The fourth-order valence-electron chi connectivity index (χ4n) is 3.93. The van der Waals surface area contributed by atoms with E-state index in [1.165, 1.54) is 18.9 Å². The molecule has 1 aromatic rings. The first-order valence-corrected chi connectivity index (χ1v) is 11.3. The first kappa shape index (κ1) is 25.5. The molecule has 3 amide bonds. The molecule has 8 heteroatoms. The highest BCUT2D eigenvalue weighted by atomic mass is 16.6. The molecule has 8 nitrogen and oxygen atoms in total. The smallest absolute Gasteiger partial charge is 0.408 e. The van der Waals surface area contributed by atoms with Crippen LogP contribution < -0.4 is 10.6 Å². The van der Waals surface area contributed by atoms with E-state index in [4.69, 9.17) is 4.74 Å². The van der Waals surface area contributed by atoms with Crippen molar-refractivity contribution in [3.63, 3.8) is 0 Å². The maximum Gasteiger partial charge on any atom is 0.408 e. The van der Waals surface area contributed by atoms with Crippen LogP contribution >= 0.6 is 0 Å². The number of carbonyl (C=O) groups is 3. The molecule has 1 aliphatic carbocycles. The molecule has 32 heavy (non-hydrogen) atoms. The number of phenolic OH excluding ortho intramolecular Hbond substituents is 1. The van der Waals surface area contributed by atoms with Crippen molar-refractivity contribution in [1.29, 1.82) is 0 Å². The second-order valence-electron chi connectivity index (χ2n) is 9.58. The minimum absolute atomic E-state index is 0.0244. The lowest BCUT2D eigenvalue weighted by molar-refractivity contribution is -0.140. The number of ether oxygens (including phenoxy) is 1. The van der Waals surface area contributed by atoms with Crippen LogP contribution in [0.4, 0.5) is 4.79 Å². The van der Waals surface area contributed by atoms with Crippen LogP contribution in [0.25, 0.3) is 0 Å². The Balaban J connectivity index is 2.25. The zero-order valence-corrected chi connectivity index (χ0v) is 20.0. The van der Waals surface area contributed by atoms with E-state index < -0.39 is 29.7 Å². The average molecular weight is 448 g/mol. The number of rotatable bonds is 6. The van der Waals surface area contributed by atoms with Gasteiger partial charge in [0, 0.05) is 18.7 Å². The molecule has 2 atom stereocenters. The van der Waals surface area contributed by atoms with E-state index in [-0.39, 0.29) is 17.7 Å². The lowest BCUT2D eigenvalue weighted by Crippen LogP contribution is -2.51. The van der Waals surface area contributed by atoms with Crippen LogP contribution in [-0.2, 0) is 14.3 Å². The number of hydrogen-bond acceptors (Lipinski definition) is 5. The van der Waals surface area contributed by atoms with Gasteiger partial charge in [-0.2, -0.15) is 0 Å². The van der Waals surface area contributed by atoms with Gasteiger partial charge in [0.1, 0.15) is 23.4 Å². The molecule has 1 saturated carbocycles. The summed E-state index contributed by atoms with van der Waals surface area (Å²) in [6, 6.07) is 3.21. The van der Waals surface area contributed by atoms with Gasteiger partial charge < -0.3 is 25.4 Å². The number of carbonyl (C=O) groups excluding carboxylic acids is 3. The highest BCUT2D eigenvalue weighted by Crippen LogP contribution is 2.32. The molecular formula is C24H37N3O5. The molecule has 0 radical (unpaired) electrons. The number of aromatic hydroxyl groups is 1. The molecule has 0 aromatic heterocycles. The Morgan fingerprint density at radius 1 is 1.16 bits per heavy atom. The van der Waals surface area contributed by atoms with Gasteiger partial charge in [-0.3, -0.25) is 9.59 Å². The molecule has 2 unspecified atom stereocenters. The normalized spacial score (nSPS) is 16.6. The third kappa shape index (κ3) is 6.87. The number of hydrogen-bond donors (Lipinski definition) is 3. The third-order valence-electron chi connectivity index (χ3n) is 5.60. The zero-order valence-electron chi connectivity index (χ0n) is 20.0. The van der Waals surface area contributed by atoms with Gasteiger partial charge in [0.2, 0.25) is 11.8 Å². The van der Waals surface area contributed by atoms with E-state index in [9.17, 15) is 19.5 Å². The number of phenols is 1. The molecule has 178 valence electrons. The molecule has 1 aliphatic rings. The van der Waals surface area contributed by atoms with E-state index >= 15 is 0 Å². The van der Waals surface area contributed by atoms with Crippen molar-refractivity contribution in [2.75, 3.05) is 7.05 Å². The summed E-state index contributed by atoms with van der Waals surface area (Å²) >= 11 is 0. The van der Waals surface area contributed by atoms with E-state index in [2.05, 4.69) is 10.6 Å². The van der Waals surface area contributed by atoms with Gasteiger partial charge in [-0.25, -0.2) is 4.79 Å². The number of alkyl carbamates (subject to hydrolysis) is 1. The molecular weight excluding hydrogens is 410 g/mol. The first-order valence-electron chi connectivity index (χ1n) is 11.3. The highest BCUT2D eigenvalue weighted by molar-refractivity contribution is 5.92. The third-order valence-corrected chi connectivity index (χ3v) is 5.60. The average Bonchev–Trinajstić information content (AvgIpc) is 2.69. The molecule has 0 bridgehead atoms. The standard InChI is InChI=1S/C24H37N3O5/c1-15-11-10-14-18(20(15)28)19(21(29)26-17-12-8-7-9-13-17)27(6)22(30)16(2)25-23(31)32-24(3,4)5/h10-11,14,16-17,19,28H,7-9,12-13H2,1-6H3,(H,25,31)(H,26,29). The molecule has 0 spiro atoms. The van der Waals surface area contributed by atoms with Gasteiger partial charge in [0.25, 0.3) is 0 Å². The van der Waals surface area contributed by atoms with Gasteiger partial charge in [-0.15, -0.1) is 0 Å². The topological polar surface area (TPSA) is 108 Å². The van der Waals surface area contributed by atoms with Crippen molar-refractivity contribution in [3.05, 3.63) is 29.3 Å². The highest BCUT2D eigenvalue weighted by Gasteiger charge is 2.35. The van der Waals surface area contributed by atoms with Crippen LogP contribution in [0.15, 0.2) is 18.2 Å². The molecule has 0 aliphatic heterocycles. The Kier molecular flexibility index (Phi) is 8.52. The van der Waals surface area contributed by atoms with Gasteiger partial charge in [-0.1, -0.05) is 37.5 Å². The van der Waals surface area contributed by atoms with Gasteiger partial charge in [-0.05, 0) is 53.0 Å². The minimum atomic E-state index is -1.03. The number of para-hydroxylation sites is 1. The van der Waals surface area contributed by atoms with Crippen LogP contribution in [0.5, 0.6) is 5.75 Å². The fraction of sp³-hybridized carbons (Fsp3) is 0.625. The van der Waals surface area contributed by atoms with E-state index in [1.54, 1.807) is 45.9 Å². The number of benzene rings is 1. The molecule has 1 aromatic carbocycles. The van der Waals surface area contributed by atoms with Crippen LogP contribution in [0.1, 0.15) is 77.0 Å². The second-order valence-corrected chi connectivity index (χ2v) is 9.58. The van der Waals surface area contributed by atoms with Crippen molar-refractivity contribution in [3.8, 4) is 5.75 Å². The lowest BCUT2D eigenvalue weighted by atomic mass is 9.94. The first-order chi connectivity index (χ1) is 14.9. The quantitative estimate of drug-likeness (QED) is 0.618. The van der Waals surface area contributed by atoms with E-state index in [0.717, 1.165) is 32.1 Å². The predicted octanol–water partition coefficient (Wildman–Crippen LogP) is 3.56. The Morgan fingerprint density at radius 2 is 1.78 bits per heavy atom. The van der Waals surface area contributed by atoms with Crippen molar-refractivity contribution >= 4 is 17.9 Å². The maximum atomic E-state index is 13.3. The molecule has 0 heterocycles. The van der Waals surface area contributed by atoms with Gasteiger partial charge >= 0.3 is 6.09 Å². The van der Waals surface area contributed by atoms with Gasteiger partial charge in [0.15, 0.2) is 0 Å². The molecule has 0 saturated heterocycles. The SMILES string of the molecule is Cc1cccc(C(C(=O)NC2CCCCC2)N(C)C(=O)C(C)NC(=O)OC(C)(C)C)c1O. The summed E-state index contributed by atoms with van der Waals surface area (Å²) in [5.74, 6) is -0.845. The van der Waals surface area contributed by atoms with Crippen LogP contribution in [0.2, 0.25) is 0 Å². The number of nitrogens with one attached hydrogen (secondary N) is 2. The molecule has 1 fully saturated rings. The Bertz CT molecular complexity index is 827. The summed E-state index contributed by atoms with van der Waals surface area (Å²) in [5, 5.41) is 16.2. The zero-order chi connectivity index (χ0) is 24.1. The molecule has 3 N–H and O–H groups in total. The maximum absolute atomic E-state index is 13.3. The number of aryl methyl sites for hydroxylation is 1. The lowest BCUT2D eigenvalue weighted by Gasteiger charge is -2.33. The van der Waals surface area contributed by atoms with E-state index in [0.29, 0.717) is 11.1 Å². The number of nitrogens with zero attached hydrogens (tertiary/aromatic N) is 1. The summed E-state index contributed by atoms with van der Waals surface area (Å²) in [4.78, 5) is 39.9. The summed E-state index contributed by atoms with van der Waals surface area (Å²) in [6.45, 7) is 8.48. The summed E-state index contributed by atoms with van der Waals surface area (Å²) in [7, 11) is 1.50. The largest absolute Gasteiger partial charge is 0.507 e. The monoisotopic (exact) mass is 447 g/mol. The Labute approximate surface area is 190 Å². The summed E-state index contributed by atoms with van der Waals surface area (Å²) < 4.78 is 5.23. The van der Waals surface area contributed by atoms with Crippen LogP contribution in [-0.4, -0.2) is 52.6 Å². The van der Waals surface area contributed by atoms with E-state index in [1.807, 2.05) is 0 Å². The number of likely N-dealkylation sites (N-methyl/N-ethyl adjacent to an activating group) is 1. The Morgan fingerprint density at radius 3 is 2.38 bits per heavy atom. The van der Waals surface area contributed by atoms with Crippen molar-refractivity contribution in [1.82, 2.24) is 15.5 Å². The summed E-state index contributed by atoms with van der Waals surface area (Å²) in [5.41, 5.74) is 0.256. The van der Waals surface area contributed by atoms with Crippen molar-refractivity contribution in [2.24, 2.45) is 0 Å².